The molecule has 1 aliphatic rings. The standard InChI is InChI=1S/C14H17NO2/c1-17-13-10-6-5-9-12(13)15-14(16)11-7-3-2-4-8-11/h2-3,5-6,9-11H,4,7-8H2,1H3,(H,15,16). The molecule has 0 radical (unpaired) electrons. The lowest BCUT2D eigenvalue weighted by Crippen LogP contribution is -2.23. The summed E-state index contributed by atoms with van der Waals surface area (Å²) in [6.45, 7) is 0. The summed E-state index contributed by atoms with van der Waals surface area (Å²) < 4.78 is 5.20. The van der Waals surface area contributed by atoms with E-state index in [-0.39, 0.29) is 11.8 Å². The molecule has 3 nitrogen and oxygen atoms in total. The third-order valence-corrected chi connectivity index (χ3v) is 3.00. The van der Waals surface area contributed by atoms with Gasteiger partial charge in [-0.05, 0) is 31.4 Å². The SMILES string of the molecule is COc1ccccc1NC(=O)C1CC=CCC1. The van der Waals surface area contributed by atoms with Gasteiger partial charge in [0.2, 0.25) is 5.91 Å². The monoisotopic (exact) mass is 231 g/mol. The quantitative estimate of drug-likeness (QED) is 0.812. The first-order valence-electron chi connectivity index (χ1n) is 5.90. The van der Waals surface area contributed by atoms with Gasteiger partial charge in [0, 0.05) is 5.92 Å². The minimum atomic E-state index is 0.0823. The lowest BCUT2D eigenvalue weighted by atomic mass is 9.93. The van der Waals surface area contributed by atoms with Crippen LogP contribution in [-0.2, 0) is 4.79 Å². The minimum Gasteiger partial charge on any atom is -0.495 e. The minimum absolute atomic E-state index is 0.0823. The van der Waals surface area contributed by atoms with E-state index in [4.69, 9.17) is 4.74 Å². The summed E-state index contributed by atoms with van der Waals surface area (Å²) in [6, 6.07) is 7.47. The first-order valence-corrected chi connectivity index (χ1v) is 5.90. The highest BCUT2D eigenvalue weighted by Gasteiger charge is 2.19. The van der Waals surface area contributed by atoms with Crippen LogP contribution in [0.1, 0.15) is 19.3 Å². The van der Waals surface area contributed by atoms with Crippen LogP contribution < -0.4 is 10.1 Å². The molecule has 90 valence electrons. The van der Waals surface area contributed by atoms with Crippen LogP contribution in [0.5, 0.6) is 5.75 Å². The Morgan fingerprint density at radius 3 is 2.88 bits per heavy atom. The summed E-state index contributed by atoms with van der Waals surface area (Å²) in [7, 11) is 1.61. The van der Waals surface area contributed by atoms with Crippen molar-refractivity contribution in [2.45, 2.75) is 19.3 Å². The molecule has 0 saturated carbocycles. The highest BCUT2D eigenvalue weighted by Crippen LogP contribution is 2.25. The Kier molecular flexibility index (Phi) is 3.81. The summed E-state index contributed by atoms with van der Waals surface area (Å²) in [6.07, 6.45) is 6.96. The number of carbonyl (C=O) groups excluding carboxylic acids is 1. The van der Waals surface area contributed by atoms with Gasteiger partial charge < -0.3 is 10.1 Å². The van der Waals surface area contributed by atoms with E-state index in [0.717, 1.165) is 24.9 Å². The van der Waals surface area contributed by atoms with Crippen LogP contribution in [0.2, 0.25) is 0 Å². The van der Waals surface area contributed by atoms with Crippen molar-refractivity contribution in [2.75, 3.05) is 12.4 Å². The topological polar surface area (TPSA) is 38.3 Å². The van der Waals surface area contributed by atoms with Gasteiger partial charge in [-0.3, -0.25) is 4.79 Å². The number of amides is 1. The normalized spacial score (nSPS) is 18.8. The molecule has 0 aromatic heterocycles. The third-order valence-electron chi connectivity index (χ3n) is 3.00. The number of carbonyl (C=O) groups is 1. The van der Waals surface area contributed by atoms with E-state index in [1.54, 1.807) is 7.11 Å². The molecular formula is C14H17NO2. The molecule has 1 unspecified atom stereocenters. The number of hydrogen-bond acceptors (Lipinski definition) is 2. The van der Waals surface area contributed by atoms with Crippen molar-refractivity contribution in [2.24, 2.45) is 5.92 Å². The maximum Gasteiger partial charge on any atom is 0.227 e. The fraction of sp³-hybridized carbons (Fsp3) is 0.357. The van der Waals surface area contributed by atoms with Crippen LogP contribution in [0.15, 0.2) is 36.4 Å². The number of para-hydroxylation sites is 2. The molecule has 17 heavy (non-hydrogen) atoms. The largest absolute Gasteiger partial charge is 0.495 e. The van der Waals surface area contributed by atoms with Gasteiger partial charge in [0.15, 0.2) is 0 Å². The average molecular weight is 231 g/mol. The van der Waals surface area contributed by atoms with Gasteiger partial charge in [0.25, 0.3) is 0 Å². The van der Waals surface area contributed by atoms with Crippen LogP contribution in [0.3, 0.4) is 0 Å². The van der Waals surface area contributed by atoms with Crippen molar-refractivity contribution in [3.8, 4) is 5.75 Å². The second-order valence-corrected chi connectivity index (χ2v) is 4.17. The molecule has 0 aliphatic heterocycles. The number of hydrogen-bond donors (Lipinski definition) is 1. The molecule has 1 aromatic rings. The first kappa shape index (κ1) is 11.7. The van der Waals surface area contributed by atoms with Crippen molar-refractivity contribution in [3.05, 3.63) is 36.4 Å². The van der Waals surface area contributed by atoms with Gasteiger partial charge in [0.05, 0.1) is 12.8 Å². The second kappa shape index (κ2) is 5.53. The summed E-state index contributed by atoms with van der Waals surface area (Å²) in [5.74, 6) is 0.871. The zero-order valence-corrected chi connectivity index (χ0v) is 9.98. The Morgan fingerprint density at radius 2 is 2.18 bits per heavy atom. The Morgan fingerprint density at radius 1 is 1.35 bits per heavy atom. The van der Waals surface area contributed by atoms with Crippen LogP contribution in [0, 0.1) is 5.92 Å². The van der Waals surface area contributed by atoms with Crippen molar-refractivity contribution >= 4 is 11.6 Å². The van der Waals surface area contributed by atoms with Crippen LogP contribution >= 0.6 is 0 Å². The molecule has 0 fully saturated rings. The average Bonchev–Trinajstić information content (AvgIpc) is 2.40. The van der Waals surface area contributed by atoms with Gasteiger partial charge in [-0.1, -0.05) is 24.3 Å². The summed E-state index contributed by atoms with van der Waals surface area (Å²) in [5.41, 5.74) is 0.745. The van der Waals surface area contributed by atoms with Gasteiger partial charge in [0.1, 0.15) is 5.75 Å². The molecule has 1 N–H and O–H groups in total. The Hall–Kier alpha value is -1.77. The van der Waals surface area contributed by atoms with E-state index < -0.39 is 0 Å². The third kappa shape index (κ3) is 2.87. The van der Waals surface area contributed by atoms with E-state index >= 15 is 0 Å². The predicted octanol–water partition coefficient (Wildman–Crippen LogP) is 2.99. The van der Waals surface area contributed by atoms with Gasteiger partial charge in [-0.2, -0.15) is 0 Å². The van der Waals surface area contributed by atoms with E-state index in [9.17, 15) is 4.79 Å². The highest BCUT2D eigenvalue weighted by molar-refractivity contribution is 5.94. The molecule has 1 atom stereocenters. The summed E-state index contributed by atoms with van der Waals surface area (Å²) in [5, 5.41) is 2.93. The Bertz CT molecular complexity index is 426. The van der Waals surface area contributed by atoms with Gasteiger partial charge >= 0.3 is 0 Å². The van der Waals surface area contributed by atoms with Gasteiger partial charge in [-0.15, -0.1) is 0 Å². The maximum atomic E-state index is 12.0. The van der Waals surface area contributed by atoms with Crippen LogP contribution in [-0.4, -0.2) is 13.0 Å². The molecule has 0 bridgehead atoms. The number of anilines is 1. The Labute approximate surface area is 101 Å². The number of ether oxygens (including phenoxy) is 1. The van der Waals surface area contributed by atoms with Gasteiger partial charge in [-0.25, -0.2) is 0 Å². The fourth-order valence-corrected chi connectivity index (χ4v) is 2.01. The van der Waals surface area contributed by atoms with E-state index in [1.165, 1.54) is 0 Å². The molecule has 3 heteroatoms. The number of allylic oxidation sites excluding steroid dienone is 2. The second-order valence-electron chi connectivity index (χ2n) is 4.17. The number of rotatable bonds is 3. The number of nitrogens with one attached hydrogen (secondary N) is 1. The van der Waals surface area contributed by atoms with E-state index in [1.807, 2.05) is 24.3 Å². The van der Waals surface area contributed by atoms with E-state index in [2.05, 4.69) is 17.5 Å². The maximum absolute atomic E-state index is 12.0. The smallest absolute Gasteiger partial charge is 0.227 e. The lowest BCUT2D eigenvalue weighted by Gasteiger charge is -2.18. The zero-order valence-electron chi connectivity index (χ0n) is 9.98. The number of benzene rings is 1. The molecule has 1 amide bonds. The van der Waals surface area contributed by atoms with Crippen molar-refractivity contribution in [1.82, 2.24) is 0 Å². The van der Waals surface area contributed by atoms with Crippen molar-refractivity contribution in [1.29, 1.82) is 0 Å². The molecule has 1 aromatic carbocycles. The molecule has 2 rings (SSSR count). The molecule has 0 spiro atoms. The zero-order chi connectivity index (χ0) is 12.1. The van der Waals surface area contributed by atoms with Crippen LogP contribution in [0.4, 0.5) is 5.69 Å². The highest BCUT2D eigenvalue weighted by atomic mass is 16.5. The molecular weight excluding hydrogens is 214 g/mol. The van der Waals surface area contributed by atoms with Crippen LogP contribution in [0.25, 0.3) is 0 Å². The number of methoxy groups -OCH3 is 1. The summed E-state index contributed by atoms with van der Waals surface area (Å²) >= 11 is 0. The molecule has 0 heterocycles. The lowest BCUT2D eigenvalue weighted by molar-refractivity contribution is -0.120. The van der Waals surface area contributed by atoms with E-state index in [0.29, 0.717) is 5.75 Å². The summed E-state index contributed by atoms with van der Waals surface area (Å²) in [4.78, 5) is 12.0. The molecule has 0 saturated heterocycles. The first-order chi connectivity index (χ1) is 8.31. The molecule has 1 aliphatic carbocycles. The van der Waals surface area contributed by atoms with Crippen molar-refractivity contribution < 1.29 is 9.53 Å². The van der Waals surface area contributed by atoms with Crippen molar-refractivity contribution in [3.63, 3.8) is 0 Å². The fourth-order valence-electron chi connectivity index (χ4n) is 2.01. The Balaban J connectivity index is 2.04. The predicted molar refractivity (Wildman–Crippen MR) is 68.1 cm³/mol.